The summed E-state index contributed by atoms with van der Waals surface area (Å²) < 4.78 is 6.65. The minimum absolute atomic E-state index is 0.0933. The van der Waals surface area contributed by atoms with Crippen LogP contribution in [0.15, 0.2) is 34.9 Å². The molecule has 8 nitrogen and oxygen atoms in total. The molecule has 1 aromatic carbocycles. The van der Waals surface area contributed by atoms with Crippen molar-refractivity contribution in [3.63, 3.8) is 0 Å². The van der Waals surface area contributed by atoms with E-state index in [1.807, 2.05) is 37.3 Å². The molecule has 2 heterocycles. The summed E-state index contributed by atoms with van der Waals surface area (Å²) in [5.74, 6) is 0.892. The van der Waals surface area contributed by atoms with E-state index in [1.54, 1.807) is 11.6 Å². The second-order valence-electron chi connectivity index (χ2n) is 6.50. The highest BCUT2D eigenvalue weighted by Gasteiger charge is 2.17. The Morgan fingerprint density at radius 3 is 2.71 bits per heavy atom. The Labute approximate surface area is 162 Å². The lowest BCUT2D eigenvalue weighted by Gasteiger charge is -2.04. The van der Waals surface area contributed by atoms with Crippen molar-refractivity contribution in [2.45, 2.75) is 33.1 Å². The van der Waals surface area contributed by atoms with Crippen LogP contribution in [-0.2, 0) is 17.6 Å². The van der Waals surface area contributed by atoms with Crippen LogP contribution in [0.25, 0.3) is 5.69 Å². The molecular weight excluding hydrogens is 356 g/mol. The molecule has 0 radical (unpaired) electrons. The zero-order chi connectivity index (χ0) is 20.1. The van der Waals surface area contributed by atoms with Gasteiger partial charge in [-0.2, -0.15) is 10.4 Å². The fourth-order valence-electron chi connectivity index (χ4n) is 3.00. The molecule has 8 heteroatoms. The lowest BCUT2D eigenvalue weighted by atomic mass is 10.1. The Morgan fingerprint density at radius 2 is 2.07 bits per heavy atom. The van der Waals surface area contributed by atoms with Gasteiger partial charge in [0.25, 0.3) is 0 Å². The molecule has 3 rings (SSSR count). The number of nitrogens with two attached hydrogens (primary N) is 1. The number of nitriles is 1. The van der Waals surface area contributed by atoms with Crippen LogP contribution in [0, 0.1) is 25.2 Å². The third-order valence-corrected chi connectivity index (χ3v) is 4.54. The number of amides is 1. The van der Waals surface area contributed by atoms with E-state index in [-0.39, 0.29) is 12.3 Å². The maximum absolute atomic E-state index is 12.1. The van der Waals surface area contributed by atoms with Crippen LogP contribution in [0.1, 0.15) is 34.7 Å². The first kappa shape index (κ1) is 19.2. The van der Waals surface area contributed by atoms with Crippen LogP contribution < -0.4 is 11.1 Å². The van der Waals surface area contributed by atoms with Gasteiger partial charge < -0.3 is 15.6 Å². The summed E-state index contributed by atoms with van der Waals surface area (Å²) in [7, 11) is 0. The fraction of sp³-hybridized carbons (Fsp3) is 0.300. The average molecular weight is 378 g/mol. The van der Waals surface area contributed by atoms with E-state index in [0.29, 0.717) is 42.2 Å². The minimum Gasteiger partial charge on any atom is -0.382 e. The molecule has 0 unspecified atom stereocenters. The number of anilines is 1. The number of benzene rings is 1. The highest BCUT2D eigenvalue weighted by molar-refractivity contribution is 5.78. The lowest BCUT2D eigenvalue weighted by Crippen LogP contribution is -2.26. The summed E-state index contributed by atoms with van der Waals surface area (Å²) in [5.41, 5.74) is 9.46. The van der Waals surface area contributed by atoms with Crippen LogP contribution in [0.4, 0.5) is 5.82 Å². The van der Waals surface area contributed by atoms with Crippen molar-refractivity contribution in [3.8, 4) is 11.8 Å². The van der Waals surface area contributed by atoms with Crippen LogP contribution in [0.2, 0.25) is 0 Å². The first-order valence-electron chi connectivity index (χ1n) is 9.02. The van der Waals surface area contributed by atoms with E-state index in [0.717, 1.165) is 16.9 Å². The molecule has 0 aliphatic rings. The Bertz CT molecular complexity index is 994. The number of hydrogen-bond acceptors (Lipinski definition) is 6. The van der Waals surface area contributed by atoms with Crippen molar-refractivity contribution in [1.82, 2.24) is 20.3 Å². The third-order valence-electron chi connectivity index (χ3n) is 4.54. The SMILES string of the molecule is Cc1noc(C)c1CC(=O)NCCCc1nn(-c2ccccc2)c(N)c1C#N. The van der Waals surface area contributed by atoms with Gasteiger partial charge in [0.15, 0.2) is 0 Å². The quantitative estimate of drug-likeness (QED) is 0.608. The summed E-state index contributed by atoms with van der Waals surface area (Å²) in [4.78, 5) is 12.1. The molecule has 1 amide bonds. The molecule has 3 N–H and O–H groups in total. The van der Waals surface area contributed by atoms with E-state index in [4.69, 9.17) is 10.3 Å². The zero-order valence-electron chi connectivity index (χ0n) is 15.9. The van der Waals surface area contributed by atoms with E-state index in [9.17, 15) is 10.1 Å². The highest BCUT2D eigenvalue weighted by Crippen LogP contribution is 2.21. The topological polar surface area (TPSA) is 123 Å². The summed E-state index contributed by atoms with van der Waals surface area (Å²) in [6.45, 7) is 4.08. The van der Waals surface area contributed by atoms with Gasteiger partial charge >= 0.3 is 0 Å². The van der Waals surface area contributed by atoms with Crippen molar-refractivity contribution in [2.75, 3.05) is 12.3 Å². The summed E-state index contributed by atoms with van der Waals surface area (Å²) >= 11 is 0. The first-order valence-corrected chi connectivity index (χ1v) is 9.02. The summed E-state index contributed by atoms with van der Waals surface area (Å²) in [6, 6.07) is 11.6. The summed E-state index contributed by atoms with van der Waals surface area (Å²) in [6.07, 6.45) is 1.42. The molecule has 0 bridgehead atoms. The largest absolute Gasteiger partial charge is 0.382 e. The number of rotatable bonds is 7. The van der Waals surface area contributed by atoms with Gasteiger partial charge in [-0.15, -0.1) is 0 Å². The van der Waals surface area contributed by atoms with Crippen molar-refractivity contribution in [3.05, 3.63) is 58.6 Å². The van der Waals surface area contributed by atoms with Crippen molar-refractivity contribution in [1.29, 1.82) is 5.26 Å². The monoisotopic (exact) mass is 378 g/mol. The molecule has 144 valence electrons. The fourth-order valence-corrected chi connectivity index (χ4v) is 3.00. The smallest absolute Gasteiger partial charge is 0.224 e. The molecule has 0 saturated carbocycles. The zero-order valence-corrected chi connectivity index (χ0v) is 15.9. The predicted octanol–water partition coefficient (Wildman–Crippen LogP) is 2.22. The molecular formula is C20H22N6O2. The number of nitrogen functional groups attached to an aromatic ring is 1. The number of hydrogen-bond donors (Lipinski definition) is 2. The van der Waals surface area contributed by atoms with E-state index >= 15 is 0 Å². The van der Waals surface area contributed by atoms with E-state index < -0.39 is 0 Å². The van der Waals surface area contributed by atoms with E-state index in [2.05, 4.69) is 21.6 Å². The van der Waals surface area contributed by atoms with Crippen molar-refractivity contribution >= 4 is 11.7 Å². The second kappa shape index (κ2) is 8.39. The molecule has 0 spiro atoms. The molecule has 0 aliphatic carbocycles. The van der Waals surface area contributed by atoms with Gasteiger partial charge in [0.2, 0.25) is 5.91 Å². The van der Waals surface area contributed by atoms with Crippen molar-refractivity contribution < 1.29 is 9.32 Å². The van der Waals surface area contributed by atoms with Gasteiger partial charge in [-0.05, 0) is 38.8 Å². The average Bonchev–Trinajstić information content (AvgIpc) is 3.19. The number of aromatic nitrogens is 3. The number of nitrogens with one attached hydrogen (secondary N) is 1. The minimum atomic E-state index is -0.0933. The van der Waals surface area contributed by atoms with Gasteiger partial charge in [-0.3, -0.25) is 4.79 Å². The van der Waals surface area contributed by atoms with Crippen LogP contribution in [-0.4, -0.2) is 27.4 Å². The molecule has 28 heavy (non-hydrogen) atoms. The molecule has 0 saturated heterocycles. The Balaban J connectivity index is 1.58. The number of aryl methyl sites for hydroxylation is 3. The van der Waals surface area contributed by atoms with Gasteiger partial charge in [0.05, 0.1) is 23.5 Å². The standard InChI is InChI=1S/C20H22N6O2/c1-13-16(14(2)28-25-13)11-19(27)23-10-6-9-18-17(12-21)20(22)26(24-18)15-7-4-3-5-8-15/h3-5,7-8H,6,9-11,22H2,1-2H3,(H,23,27). The lowest BCUT2D eigenvalue weighted by molar-refractivity contribution is -0.120. The number of nitrogens with zero attached hydrogens (tertiary/aromatic N) is 4. The molecule has 2 aromatic heterocycles. The molecule has 0 aliphatic heterocycles. The van der Waals surface area contributed by atoms with Gasteiger partial charge in [0.1, 0.15) is 23.2 Å². The normalized spacial score (nSPS) is 10.6. The van der Waals surface area contributed by atoms with Gasteiger partial charge in [0, 0.05) is 12.1 Å². The Morgan fingerprint density at radius 1 is 1.32 bits per heavy atom. The Kier molecular flexibility index (Phi) is 5.75. The van der Waals surface area contributed by atoms with Gasteiger partial charge in [-0.25, -0.2) is 4.68 Å². The van der Waals surface area contributed by atoms with Gasteiger partial charge in [-0.1, -0.05) is 23.4 Å². The third kappa shape index (κ3) is 4.04. The Hall–Kier alpha value is -3.60. The number of carbonyl (C=O) groups is 1. The van der Waals surface area contributed by atoms with E-state index in [1.165, 1.54) is 0 Å². The maximum atomic E-state index is 12.1. The molecule has 0 fully saturated rings. The molecule has 3 aromatic rings. The van der Waals surface area contributed by atoms with Crippen molar-refractivity contribution in [2.24, 2.45) is 0 Å². The van der Waals surface area contributed by atoms with Crippen LogP contribution in [0.5, 0.6) is 0 Å². The van der Waals surface area contributed by atoms with Crippen LogP contribution in [0.3, 0.4) is 0 Å². The highest BCUT2D eigenvalue weighted by atomic mass is 16.5. The first-order chi connectivity index (χ1) is 13.5. The number of carbonyl (C=O) groups excluding carboxylic acids is 1. The maximum Gasteiger partial charge on any atom is 0.224 e. The predicted molar refractivity (Wildman–Crippen MR) is 104 cm³/mol. The summed E-state index contributed by atoms with van der Waals surface area (Å²) in [5, 5.41) is 20.7. The number of para-hydroxylation sites is 1. The molecule has 0 atom stereocenters. The van der Waals surface area contributed by atoms with Crippen LogP contribution >= 0.6 is 0 Å². The second-order valence-corrected chi connectivity index (χ2v) is 6.50.